The first-order chi connectivity index (χ1) is 61.8. The lowest BCUT2D eigenvalue weighted by atomic mass is 9.77. The molecule has 0 atom stereocenters. The van der Waals surface area contributed by atoms with Gasteiger partial charge in [0.2, 0.25) is 29.5 Å². The number of aromatic amines is 4. The number of hydrogen-bond acceptors (Lipinski definition) is 22. The average Bonchev–Trinajstić information content (AvgIpc) is 1.27. The van der Waals surface area contributed by atoms with Gasteiger partial charge in [-0.15, -0.1) is 0 Å². The van der Waals surface area contributed by atoms with Gasteiger partial charge < -0.3 is 58.5 Å². The summed E-state index contributed by atoms with van der Waals surface area (Å²) in [7, 11) is 0. The second-order valence-corrected chi connectivity index (χ2v) is 37.2. The number of anilines is 4. The van der Waals surface area contributed by atoms with Crippen molar-refractivity contribution in [2.75, 3.05) is 99.8 Å². The molecule has 674 valence electrons. The first kappa shape index (κ1) is 89.5. The van der Waals surface area contributed by atoms with E-state index in [0.717, 1.165) is 223 Å². The Balaban J connectivity index is 0.000000126. The van der Waals surface area contributed by atoms with E-state index in [1.165, 1.54) is 31.2 Å². The zero-order valence-electron chi connectivity index (χ0n) is 74.4. The van der Waals surface area contributed by atoms with Crippen LogP contribution in [0.2, 0.25) is 0 Å². The van der Waals surface area contributed by atoms with Crippen LogP contribution in [0.3, 0.4) is 0 Å². The lowest BCUT2D eigenvalue weighted by Gasteiger charge is -2.48. The Bertz CT molecular complexity index is 5510. The van der Waals surface area contributed by atoms with Crippen LogP contribution in [0.25, 0.3) is 43.6 Å². The molecule has 0 unspecified atom stereocenters. The lowest BCUT2D eigenvalue weighted by Crippen LogP contribution is -2.63. The van der Waals surface area contributed by atoms with Crippen LogP contribution in [0.15, 0.2) is 134 Å². The Morgan fingerprint density at radius 1 is 0.406 bits per heavy atom. The number of fused-ring (bicyclic) bond motifs is 4. The van der Waals surface area contributed by atoms with Gasteiger partial charge in [-0.1, -0.05) is 82.9 Å². The molecule has 4 saturated heterocycles. The van der Waals surface area contributed by atoms with E-state index >= 15 is 0 Å². The predicted molar refractivity (Wildman–Crippen MR) is 497 cm³/mol. The van der Waals surface area contributed by atoms with Gasteiger partial charge in [0.25, 0.3) is 0 Å². The van der Waals surface area contributed by atoms with Crippen molar-refractivity contribution in [3.63, 3.8) is 0 Å². The Labute approximate surface area is 746 Å². The van der Waals surface area contributed by atoms with E-state index in [2.05, 4.69) is 155 Å². The van der Waals surface area contributed by atoms with Crippen LogP contribution < -0.4 is 48.3 Å². The zero-order valence-corrected chi connectivity index (χ0v) is 74.4. The zero-order chi connectivity index (χ0) is 89.2. The number of nitriles is 1. The van der Waals surface area contributed by atoms with E-state index < -0.39 is 11.2 Å². The van der Waals surface area contributed by atoms with Gasteiger partial charge >= 0.3 is 0 Å². The number of carbonyl (C=O) groups excluding carboxylic acids is 5. The number of nitrogens with zero attached hydrogens (tertiary/aromatic N) is 11. The fourth-order valence-corrected chi connectivity index (χ4v) is 19.8. The number of likely N-dealkylation sites (tertiary alicyclic amines) is 4. The maximum Gasteiger partial charge on any atom is 0.239 e. The van der Waals surface area contributed by atoms with Crippen molar-refractivity contribution in [3.05, 3.63) is 190 Å². The van der Waals surface area contributed by atoms with Crippen molar-refractivity contribution in [2.24, 2.45) is 11.7 Å². The maximum atomic E-state index is 12.5. The van der Waals surface area contributed by atoms with Crippen molar-refractivity contribution in [1.82, 2.24) is 91.6 Å². The summed E-state index contributed by atoms with van der Waals surface area (Å²) in [5, 5.41) is 89.3. The van der Waals surface area contributed by atoms with Crippen LogP contribution in [0.1, 0.15) is 165 Å². The van der Waals surface area contributed by atoms with Gasteiger partial charge in [-0.3, -0.25) is 73.9 Å². The monoisotopic (exact) mass is 1740 g/mol. The number of hydrogen-bond donors (Lipinski definition) is 15. The van der Waals surface area contributed by atoms with Crippen LogP contribution in [-0.2, 0) is 41.6 Å². The number of primary amides is 1. The number of rotatable bonds is 25. The summed E-state index contributed by atoms with van der Waals surface area (Å²) in [6.45, 7) is 20.1. The number of nitrogens with two attached hydrogens (primary N) is 1. The molecular formula is C97H124N24O7. The number of amides is 5. The first-order valence-corrected chi connectivity index (χ1v) is 45.8. The normalized spacial score (nSPS) is 23.0. The predicted octanol–water partition coefficient (Wildman–Crippen LogP) is 10.2. The molecule has 31 nitrogen and oxygen atoms in total. The van der Waals surface area contributed by atoms with Gasteiger partial charge in [-0.2, -0.15) is 25.7 Å². The third-order valence-electron chi connectivity index (χ3n) is 27.6. The van der Waals surface area contributed by atoms with E-state index in [1.807, 2.05) is 139 Å². The van der Waals surface area contributed by atoms with E-state index in [-0.39, 0.29) is 85.8 Å². The Morgan fingerprint density at radius 2 is 0.703 bits per heavy atom. The summed E-state index contributed by atoms with van der Waals surface area (Å²) in [6, 6.07) is 46.0. The topological polar surface area (TPSA) is 425 Å². The Kier molecular flexibility index (Phi) is 28.1. The number of nitrogens with one attached hydrogen (secondary N) is 12. The largest absolute Gasteiger partial charge is 0.385 e. The molecule has 4 aliphatic heterocycles. The molecule has 5 amide bonds. The molecule has 10 heterocycles. The van der Waals surface area contributed by atoms with Gasteiger partial charge in [0.15, 0.2) is 23.3 Å². The quantitative estimate of drug-likeness (QED) is 0.0253. The molecule has 0 bridgehead atoms. The molecule has 31 heteroatoms. The highest BCUT2D eigenvalue weighted by Gasteiger charge is 2.44. The number of aryl methyl sites for hydroxylation is 6. The van der Waals surface area contributed by atoms with Crippen LogP contribution in [0.5, 0.6) is 0 Å². The smallest absolute Gasteiger partial charge is 0.239 e. The summed E-state index contributed by atoms with van der Waals surface area (Å²) in [4.78, 5) is 79.1. The van der Waals surface area contributed by atoms with Crippen molar-refractivity contribution in [1.29, 1.82) is 5.26 Å². The molecule has 4 saturated carbocycles. The minimum absolute atomic E-state index is 0.00180. The summed E-state index contributed by atoms with van der Waals surface area (Å²) in [5.41, 5.74) is 18.3. The van der Waals surface area contributed by atoms with Crippen LogP contribution in [-0.4, -0.2) is 237 Å². The van der Waals surface area contributed by atoms with Crippen molar-refractivity contribution in [3.8, 4) is 6.07 Å². The summed E-state index contributed by atoms with van der Waals surface area (Å²) < 4.78 is 0. The molecule has 11 aromatic rings. The van der Waals surface area contributed by atoms with E-state index in [9.17, 15) is 34.2 Å². The molecule has 6 aromatic heterocycles. The average molecular weight is 1740 g/mol. The highest BCUT2D eigenvalue weighted by molar-refractivity contribution is 5.95. The van der Waals surface area contributed by atoms with Crippen molar-refractivity contribution in [2.45, 2.75) is 216 Å². The highest BCUT2D eigenvalue weighted by atomic mass is 16.3. The second kappa shape index (κ2) is 40.2. The number of benzene rings is 5. The van der Waals surface area contributed by atoms with Crippen molar-refractivity contribution >= 4 is 96.4 Å². The maximum absolute atomic E-state index is 12.5. The lowest BCUT2D eigenvalue weighted by molar-refractivity contribution is -0.122. The molecule has 0 radical (unpaired) electrons. The molecule has 128 heavy (non-hydrogen) atoms. The molecule has 8 aliphatic rings. The second-order valence-electron chi connectivity index (χ2n) is 37.2. The molecule has 19 rings (SSSR count). The first-order valence-electron chi connectivity index (χ1n) is 45.8. The summed E-state index contributed by atoms with van der Waals surface area (Å²) in [6.07, 6.45) is 19.7. The van der Waals surface area contributed by atoms with Gasteiger partial charge in [0, 0.05) is 139 Å². The number of H-pyrrole nitrogens is 4. The molecule has 0 spiro atoms. The number of carbonyl (C=O) groups is 5. The van der Waals surface area contributed by atoms with E-state index in [0.29, 0.717) is 59.8 Å². The van der Waals surface area contributed by atoms with E-state index in [1.54, 1.807) is 0 Å². The van der Waals surface area contributed by atoms with E-state index in [4.69, 9.17) is 11.0 Å². The fraction of sp³-hybridized carbons (Fsp3) is 0.485. The standard InChI is InChI=1S/C27H34N6O2.2C25H32N6O2.C20H26N6O/c1-17-2-11-24-23(12-17)27(32-31-24)29-14-26(35)30-21-15-33(16-21)22-9-7-20(8-10-22)19-5-3-18(4-6-19)13-25(28)34;2*1-16-3-6-22-21(11-16)24(30-29-22)27-13-23(32)28-19-14-31(15-19)20-7-9-25(33,10-8-20)18-5-4-17(2)26-12-18;1-13-2-7-18-17(8-13)20(25-24-18)22-10-19(27)23-15-11-26(12-15)16-5-3-14(9-21)4-6-16/h2-6,11-12,20-22H,7-10,13-16H2,1H3,(H2,28,34)(H,30,35)(H2,29,31,32);2*3-6,11-12,19-20,33H,7-10,13-15H2,1-2H3,(H,28,32)(H2,27,29,30);2,7-8,14-16H,3-6,10-12H2,1H3,(H,23,27)(H2,22,24,25). The molecule has 5 aromatic carbocycles. The van der Waals surface area contributed by atoms with Gasteiger partial charge in [0.05, 0.1) is 96.1 Å². The molecule has 8 fully saturated rings. The highest BCUT2D eigenvalue weighted by Crippen LogP contribution is 2.43. The fourth-order valence-electron chi connectivity index (χ4n) is 19.8. The molecular weight excluding hydrogens is 1610 g/mol. The summed E-state index contributed by atoms with van der Waals surface area (Å²) >= 11 is 0. The minimum atomic E-state index is -0.768. The molecule has 4 aliphatic carbocycles. The molecule has 16 N–H and O–H groups in total. The SMILES string of the molecule is Cc1ccc2[nH]nc(NCC(=O)NC3CN(C4CCC(C#N)CC4)C3)c2c1.Cc1ccc2[nH]nc(NCC(=O)NC3CN(C4CCC(O)(c5ccc(C)nc5)CC4)C3)c2c1.Cc1ccc2[nH]nc(NCC(=O)NC3CN(C4CCC(O)(c5ccc(C)nc5)CC4)C3)c2c1.Cc1ccc2[nH]nc(NCC(=O)NC3CN(C4CCC(c5ccc(CC(N)=O)cc5)CC4)C3)c2c1. The number of pyridine rings is 2. The number of aliphatic hydroxyl groups is 2. The van der Waals surface area contributed by atoms with Gasteiger partial charge in [0.1, 0.15) is 0 Å². The third-order valence-corrected chi connectivity index (χ3v) is 27.6. The van der Waals surface area contributed by atoms with Crippen LogP contribution >= 0.6 is 0 Å². The summed E-state index contributed by atoms with van der Waals surface area (Å²) in [5.74, 6) is 3.33. The van der Waals surface area contributed by atoms with Crippen LogP contribution in [0.4, 0.5) is 23.3 Å². The van der Waals surface area contributed by atoms with Crippen LogP contribution in [0, 0.1) is 58.8 Å². The third kappa shape index (κ3) is 22.2. The van der Waals surface area contributed by atoms with Crippen molar-refractivity contribution < 1.29 is 34.2 Å². The minimum Gasteiger partial charge on any atom is -0.385 e. The van der Waals surface area contributed by atoms with Gasteiger partial charge in [-0.25, -0.2) is 0 Å². The van der Waals surface area contributed by atoms with Gasteiger partial charge in [-0.05, 0) is 222 Å². The number of aromatic nitrogens is 10. The Morgan fingerprint density at radius 3 is 0.984 bits per heavy atom. The Hall–Kier alpha value is -11.9.